The molecule has 5 rings (SSSR count). The molecule has 2 aromatic rings. The van der Waals surface area contributed by atoms with Crippen LogP contribution in [-0.2, 0) is 21.4 Å². The molecule has 40 heavy (non-hydrogen) atoms. The van der Waals surface area contributed by atoms with Crippen LogP contribution in [0, 0.1) is 11.2 Å². The van der Waals surface area contributed by atoms with Crippen molar-refractivity contribution in [1.82, 2.24) is 15.1 Å². The molecule has 2 atom stereocenters. The van der Waals surface area contributed by atoms with Gasteiger partial charge in [0.05, 0.1) is 6.54 Å². The normalized spacial score (nSPS) is 23.4. The van der Waals surface area contributed by atoms with Crippen LogP contribution in [0.4, 0.5) is 10.1 Å². The number of rotatable bonds is 6. The number of carbonyl (C=O) groups is 2. The average Bonchev–Trinajstić information content (AvgIpc) is 3.28. The van der Waals surface area contributed by atoms with E-state index in [1.807, 2.05) is 35.8 Å². The molecular weight excluding hydrogens is 550 g/mol. The number of benzene rings is 2. The Kier molecular flexibility index (Phi) is 9.99. The lowest BCUT2D eigenvalue weighted by atomic mass is 9.86. The quantitative estimate of drug-likeness (QED) is 0.523. The summed E-state index contributed by atoms with van der Waals surface area (Å²) in [5, 5.41) is 3.55. The maximum atomic E-state index is 13.9. The number of fused-ring (bicyclic) bond motifs is 1. The lowest BCUT2D eigenvalue weighted by Gasteiger charge is -2.41. The van der Waals surface area contributed by atoms with Crippen LogP contribution in [0.15, 0.2) is 42.5 Å². The summed E-state index contributed by atoms with van der Waals surface area (Å²) >= 11 is 0. The van der Waals surface area contributed by atoms with E-state index in [1.54, 1.807) is 0 Å². The van der Waals surface area contributed by atoms with Crippen molar-refractivity contribution in [2.45, 2.75) is 65.0 Å². The lowest BCUT2D eigenvalue weighted by Crippen LogP contribution is -2.61. The SMILES string of the molecule is C[C@@H]1CN(CC(=O)N2CC(C)(C)c3ccc(Cc4ccc(F)cc4)cc32)[C@@H](CN2CCC(C)(C)C2=O)CN1.Cl.Cl. The van der Waals surface area contributed by atoms with Gasteiger partial charge < -0.3 is 15.1 Å². The zero-order chi connectivity index (χ0) is 27.2. The van der Waals surface area contributed by atoms with Crippen molar-refractivity contribution < 1.29 is 14.0 Å². The fourth-order valence-electron chi connectivity index (χ4n) is 6.25. The predicted molar refractivity (Wildman–Crippen MR) is 163 cm³/mol. The molecule has 2 fully saturated rings. The Morgan fingerprint density at radius 1 is 1.02 bits per heavy atom. The topological polar surface area (TPSA) is 55.9 Å². The van der Waals surface area contributed by atoms with Gasteiger partial charge in [0.2, 0.25) is 11.8 Å². The predicted octanol–water partition coefficient (Wildman–Crippen LogP) is 4.81. The first kappa shape index (κ1) is 32.3. The number of hydrogen-bond acceptors (Lipinski definition) is 4. The number of nitrogens with zero attached hydrogens (tertiary/aromatic N) is 3. The molecule has 1 N–H and O–H groups in total. The van der Waals surface area contributed by atoms with Gasteiger partial charge in [0, 0.05) is 61.3 Å². The number of piperazine rings is 1. The van der Waals surface area contributed by atoms with Gasteiger partial charge in [-0.2, -0.15) is 0 Å². The molecule has 2 saturated heterocycles. The van der Waals surface area contributed by atoms with Crippen LogP contribution in [0.1, 0.15) is 57.7 Å². The second-order valence-corrected chi connectivity index (χ2v) is 12.8. The van der Waals surface area contributed by atoms with E-state index < -0.39 is 0 Å². The van der Waals surface area contributed by atoms with Gasteiger partial charge in [0.25, 0.3) is 0 Å². The standard InChI is InChI=1S/C31H41FN4O2.2ClH/c1-21-17-35(25(16-33-21)18-34-13-12-30(2,3)29(34)38)19-28(37)36-20-31(4,5)26-11-8-23(15-27(26)36)14-22-6-9-24(32)10-7-22;;/h6-11,15,21,25,33H,12-14,16-20H2,1-5H3;2*1H/t21-,25-;;/m1../s1. The van der Waals surface area contributed by atoms with Crippen molar-refractivity contribution in [3.05, 3.63) is 65.0 Å². The minimum atomic E-state index is -0.299. The number of amides is 2. The first-order valence-corrected chi connectivity index (χ1v) is 13.9. The van der Waals surface area contributed by atoms with Crippen LogP contribution in [0.2, 0.25) is 0 Å². The summed E-state index contributed by atoms with van der Waals surface area (Å²) < 4.78 is 13.4. The van der Waals surface area contributed by atoms with Gasteiger partial charge in [0.1, 0.15) is 5.82 Å². The first-order valence-electron chi connectivity index (χ1n) is 13.9. The van der Waals surface area contributed by atoms with Crippen molar-refractivity contribution in [2.75, 3.05) is 44.2 Å². The van der Waals surface area contributed by atoms with E-state index in [2.05, 4.69) is 49.2 Å². The molecule has 220 valence electrons. The fraction of sp³-hybridized carbons (Fsp3) is 0.548. The van der Waals surface area contributed by atoms with Crippen LogP contribution < -0.4 is 10.2 Å². The third-order valence-corrected chi connectivity index (χ3v) is 8.63. The van der Waals surface area contributed by atoms with E-state index in [-0.39, 0.29) is 65.4 Å². The molecule has 3 heterocycles. The summed E-state index contributed by atoms with van der Waals surface area (Å²) in [5.41, 5.74) is 3.88. The lowest BCUT2D eigenvalue weighted by molar-refractivity contribution is -0.135. The molecule has 9 heteroatoms. The minimum Gasteiger partial charge on any atom is -0.341 e. The molecule has 3 aliphatic heterocycles. The fourth-order valence-corrected chi connectivity index (χ4v) is 6.25. The Labute approximate surface area is 250 Å². The number of hydrogen-bond donors (Lipinski definition) is 1. The largest absolute Gasteiger partial charge is 0.341 e. The highest BCUT2D eigenvalue weighted by Crippen LogP contribution is 2.41. The van der Waals surface area contributed by atoms with Crippen LogP contribution in [-0.4, -0.2) is 73.0 Å². The van der Waals surface area contributed by atoms with E-state index in [0.717, 1.165) is 42.9 Å². The third-order valence-electron chi connectivity index (χ3n) is 8.63. The van der Waals surface area contributed by atoms with Crippen LogP contribution in [0.5, 0.6) is 0 Å². The van der Waals surface area contributed by atoms with Gasteiger partial charge in [-0.05, 0) is 54.7 Å². The van der Waals surface area contributed by atoms with Crippen molar-refractivity contribution in [1.29, 1.82) is 0 Å². The Balaban J connectivity index is 0.00000220. The Bertz CT molecular complexity index is 1220. The second-order valence-electron chi connectivity index (χ2n) is 12.8. The van der Waals surface area contributed by atoms with Gasteiger partial charge in [-0.15, -0.1) is 24.8 Å². The van der Waals surface area contributed by atoms with E-state index in [4.69, 9.17) is 0 Å². The maximum Gasteiger partial charge on any atom is 0.241 e. The highest BCUT2D eigenvalue weighted by molar-refractivity contribution is 5.97. The van der Waals surface area contributed by atoms with Crippen molar-refractivity contribution in [2.24, 2.45) is 5.41 Å². The van der Waals surface area contributed by atoms with Crippen LogP contribution >= 0.6 is 24.8 Å². The summed E-state index contributed by atoms with van der Waals surface area (Å²) in [5.74, 6) is 0.0776. The Morgan fingerprint density at radius 3 is 2.35 bits per heavy atom. The van der Waals surface area contributed by atoms with Gasteiger partial charge in [-0.3, -0.25) is 14.5 Å². The van der Waals surface area contributed by atoms with Gasteiger partial charge in [-0.25, -0.2) is 4.39 Å². The third kappa shape index (κ3) is 6.64. The molecule has 2 amide bonds. The molecule has 0 unspecified atom stereocenters. The molecule has 0 spiro atoms. The van der Waals surface area contributed by atoms with E-state index >= 15 is 0 Å². The summed E-state index contributed by atoms with van der Waals surface area (Å²) in [6.45, 7) is 14.5. The Hall–Kier alpha value is -2.19. The van der Waals surface area contributed by atoms with E-state index in [0.29, 0.717) is 26.1 Å². The molecule has 3 aliphatic rings. The molecule has 0 aromatic heterocycles. The molecular formula is C31H43Cl2FN4O2. The highest BCUT2D eigenvalue weighted by Gasteiger charge is 2.42. The molecule has 0 bridgehead atoms. The van der Waals surface area contributed by atoms with Crippen molar-refractivity contribution in [3.8, 4) is 0 Å². The Morgan fingerprint density at radius 2 is 1.70 bits per heavy atom. The molecule has 0 radical (unpaired) electrons. The smallest absolute Gasteiger partial charge is 0.241 e. The number of halogens is 3. The van der Waals surface area contributed by atoms with E-state index in [9.17, 15) is 14.0 Å². The number of carbonyl (C=O) groups excluding carboxylic acids is 2. The number of anilines is 1. The molecule has 0 aliphatic carbocycles. The monoisotopic (exact) mass is 592 g/mol. The molecule has 0 saturated carbocycles. The zero-order valence-electron chi connectivity index (χ0n) is 24.2. The first-order chi connectivity index (χ1) is 17.9. The highest BCUT2D eigenvalue weighted by atomic mass is 35.5. The van der Waals surface area contributed by atoms with Crippen molar-refractivity contribution in [3.63, 3.8) is 0 Å². The second kappa shape index (κ2) is 12.4. The van der Waals surface area contributed by atoms with E-state index in [1.165, 1.54) is 17.7 Å². The summed E-state index contributed by atoms with van der Waals surface area (Å²) in [4.78, 5) is 33.0. The summed E-state index contributed by atoms with van der Waals surface area (Å²) in [7, 11) is 0. The average molecular weight is 594 g/mol. The van der Waals surface area contributed by atoms with Crippen LogP contribution in [0.3, 0.4) is 0 Å². The summed E-state index contributed by atoms with van der Waals surface area (Å²) in [6, 6.07) is 13.4. The minimum absolute atomic E-state index is 0. The summed E-state index contributed by atoms with van der Waals surface area (Å²) in [6.07, 6.45) is 1.56. The van der Waals surface area contributed by atoms with Crippen LogP contribution in [0.25, 0.3) is 0 Å². The zero-order valence-corrected chi connectivity index (χ0v) is 25.8. The van der Waals surface area contributed by atoms with Crippen molar-refractivity contribution >= 4 is 42.3 Å². The van der Waals surface area contributed by atoms with Gasteiger partial charge in [0.15, 0.2) is 0 Å². The van der Waals surface area contributed by atoms with Gasteiger partial charge in [-0.1, -0.05) is 52.0 Å². The molecule has 2 aromatic carbocycles. The number of nitrogens with one attached hydrogen (secondary N) is 1. The maximum absolute atomic E-state index is 13.9. The molecule has 6 nitrogen and oxygen atoms in total. The number of likely N-dealkylation sites (tertiary alicyclic amines) is 1. The van der Waals surface area contributed by atoms with Gasteiger partial charge >= 0.3 is 0 Å².